The largest absolute Gasteiger partial charge is 0.409 e. The SMILES string of the molecule is N/C(=N/O)c1cc(Br)ccc1NC(=O)C1CC2CC2C1. The van der Waals surface area contributed by atoms with Gasteiger partial charge in [0.25, 0.3) is 0 Å². The Morgan fingerprint density at radius 3 is 2.70 bits per heavy atom. The van der Waals surface area contributed by atoms with Crippen LogP contribution in [0.1, 0.15) is 24.8 Å². The molecule has 4 N–H and O–H groups in total. The number of carbonyl (C=O) groups excluding carboxylic acids is 1. The van der Waals surface area contributed by atoms with Crippen molar-refractivity contribution in [2.75, 3.05) is 5.32 Å². The molecule has 2 aliphatic rings. The van der Waals surface area contributed by atoms with Crippen LogP contribution in [0.25, 0.3) is 0 Å². The van der Waals surface area contributed by atoms with Gasteiger partial charge in [-0.15, -0.1) is 0 Å². The van der Waals surface area contributed by atoms with E-state index in [1.165, 1.54) is 6.42 Å². The molecule has 1 amide bonds. The molecule has 0 bridgehead atoms. The highest BCUT2D eigenvalue weighted by molar-refractivity contribution is 9.10. The monoisotopic (exact) mass is 337 g/mol. The minimum atomic E-state index is -0.0177. The lowest BCUT2D eigenvalue weighted by Gasteiger charge is -2.15. The van der Waals surface area contributed by atoms with Gasteiger partial charge in [-0.05, 0) is 49.3 Å². The number of anilines is 1. The highest BCUT2D eigenvalue weighted by Gasteiger charge is 2.48. The molecular weight excluding hydrogens is 322 g/mol. The molecule has 1 aromatic carbocycles. The summed E-state index contributed by atoms with van der Waals surface area (Å²) in [5.41, 5.74) is 6.74. The zero-order chi connectivity index (χ0) is 14.3. The number of rotatable bonds is 3. The van der Waals surface area contributed by atoms with Gasteiger partial charge in [0.15, 0.2) is 5.84 Å². The number of carbonyl (C=O) groups is 1. The van der Waals surface area contributed by atoms with Crippen LogP contribution in [0.4, 0.5) is 5.69 Å². The van der Waals surface area contributed by atoms with E-state index in [1.54, 1.807) is 12.1 Å². The Balaban J connectivity index is 1.77. The van der Waals surface area contributed by atoms with Crippen molar-refractivity contribution in [3.8, 4) is 0 Å². The zero-order valence-corrected chi connectivity index (χ0v) is 12.4. The average molecular weight is 338 g/mol. The van der Waals surface area contributed by atoms with Crippen LogP contribution >= 0.6 is 15.9 Å². The van der Waals surface area contributed by atoms with Gasteiger partial charge in [0.2, 0.25) is 5.91 Å². The molecule has 2 fully saturated rings. The summed E-state index contributed by atoms with van der Waals surface area (Å²) < 4.78 is 0.805. The number of amides is 1. The highest BCUT2D eigenvalue weighted by atomic mass is 79.9. The topological polar surface area (TPSA) is 87.7 Å². The molecule has 0 spiro atoms. The number of oxime groups is 1. The Kier molecular flexibility index (Phi) is 3.41. The summed E-state index contributed by atoms with van der Waals surface area (Å²) in [6.07, 6.45) is 3.27. The van der Waals surface area contributed by atoms with E-state index < -0.39 is 0 Å². The molecule has 5 nitrogen and oxygen atoms in total. The third kappa shape index (κ3) is 2.52. The lowest BCUT2D eigenvalue weighted by atomic mass is 10.0. The first-order valence-corrected chi connectivity index (χ1v) is 7.46. The Bertz CT molecular complexity index is 578. The summed E-state index contributed by atoms with van der Waals surface area (Å²) in [6.45, 7) is 0. The molecule has 0 aromatic heterocycles. The molecule has 2 atom stereocenters. The summed E-state index contributed by atoms with van der Waals surface area (Å²) in [7, 11) is 0. The second kappa shape index (κ2) is 5.09. The van der Waals surface area contributed by atoms with Crippen molar-refractivity contribution in [2.45, 2.75) is 19.3 Å². The Morgan fingerprint density at radius 1 is 1.35 bits per heavy atom. The average Bonchev–Trinajstić information content (AvgIpc) is 3.06. The summed E-state index contributed by atoms with van der Waals surface area (Å²) >= 11 is 3.34. The van der Waals surface area contributed by atoms with E-state index in [9.17, 15) is 4.79 Å². The van der Waals surface area contributed by atoms with Gasteiger partial charge in [-0.3, -0.25) is 4.79 Å². The van der Waals surface area contributed by atoms with Gasteiger partial charge in [-0.1, -0.05) is 21.1 Å². The normalized spacial score (nSPS) is 28.1. The number of nitrogens with zero attached hydrogens (tertiary/aromatic N) is 1. The molecular formula is C14H16BrN3O2. The maximum absolute atomic E-state index is 12.3. The van der Waals surface area contributed by atoms with Crippen LogP contribution < -0.4 is 11.1 Å². The van der Waals surface area contributed by atoms with Crippen LogP contribution in [0.2, 0.25) is 0 Å². The number of fused-ring (bicyclic) bond motifs is 1. The maximum atomic E-state index is 12.3. The van der Waals surface area contributed by atoms with E-state index in [4.69, 9.17) is 10.9 Å². The summed E-state index contributed by atoms with van der Waals surface area (Å²) in [6, 6.07) is 5.29. The van der Waals surface area contributed by atoms with Gasteiger partial charge in [-0.2, -0.15) is 0 Å². The quantitative estimate of drug-likeness (QED) is 0.342. The standard InChI is InChI=1S/C14H16BrN3O2/c15-10-1-2-12(11(6-10)13(16)18-20)17-14(19)9-4-7-3-8(7)5-9/h1-2,6-9,20H,3-5H2,(H2,16,18)(H,17,19). The molecule has 2 saturated carbocycles. The first-order valence-electron chi connectivity index (χ1n) is 6.66. The van der Waals surface area contributed by atoms with Gasteiger partial charge >= 0.3 is 0 Å². The van der Waals surface area contributed by atoms with Crippen LogP contribution in [-0.2, 0) is 4.79 Å². The second-order valence-corrected chi connectivity index (χ2v) is 6.50. The summed E-state index contributed by atoms with van der Waals surface area (Å²) in [5.74, 6) is 1.64. The van der Waals surface area contributed by atoms with Gasteiger partial charge < -0.3 is 16.3 Å². The number of nitrogens with one attached hydrogen (secondary N) is 1. The van der Waals surface area contributed by atoms with Gasteiger partial charge in [0, 0.05) is 16.0 Å². The highest BCUT2D eigenvalue weighted by Crippen LogP contribution is 2.54. The zero-order valence-electron chi connectivity index (χ0n) is 10.8. The Hall–Kier alpha value is -1.56. The molecule has 3 rings (SSSR count). The maximum Gasteiger partial charge on any atom is 0.227 e. The molecule has 106 valence electrons. The molecule has 6 heteroatoms. The molecule has 20 heavy (non-hydrogen) atoms. The molecule has 2 aliphatic carbocycles. The first kappa shape index (κ1) is 13.4. The van der Waals surface area contributed by atoms with Gasteiger partial charge in [0.1, 0.15) is 0 Å². The van der Waals surface area contributed by atoms with Crippen molar-refractivity contribution in [3.05, 3.63) is 28.2 Å². The smallest absolute Gasteiger partial charge is 0.227 e. The number of hydrogen-bond acceptors (Lipinski definition) is 3. The van der Waals surface area contributed by atoms with Crippen LogP contribution in [0.15, 0.2) is 27.8 Å². The van der Waals surface area contributed by atoms with Crippen LogP contribution in [0.5, 0.6) is 0 Å². The van der Waals surface area contributed by atoms with Crippen molar-refractivity contribution >= 4 is 33.4 Å². The molecule has 1 aromatic rings. The van der Waals surface area contributed by atoms with Crippen LogP contribution in [-0.4, -0.2) is 17.0 Å². The number of nitrogens with two attached hydrogens (primary N) is 1. The molecule has 0 aliphatic heterocycles. The first-order chi connectivity index (χ1) is 9.58. The lowest BCUT2D eigenvalue weighted by Crippen LogP contribution is -2.24. The minimum absolute atomic E-state index is 0.0177. The van der Waals surface area contributed by atoms with Crippen molar-refractivity contribution in [1.29, 1.82) is 0 Å². The molecule has 0 saturated heterocycles. The molecule has 0 radical (unpaired) electrons. The van der Waals surface area contributed by atoms with Crippen molar-refractivity contribution < 1.29 is 10.0 Å². The second-order valence-electron chi connectivity index (χ2n) is 5.59. The predicted octanol–water partition coefficient (Wildman–Crippen LogP) is 2.53. The van der Waals surface area contributed by atoms with Crippen molar-refractivity contribution in [1.82, 2.24) is 0 Å². The fraction of sp³-hybridized carbons (Fsp3) is 0.429. The third-order valence-electron chi connectivity index (χ3n) is 4.24. The number of halogens is 1. The predicted molar refractivity (Wildman–Crippen MR) is 79.6 cm³/mol. The minimum Gasteiger partial charge on any atom is -0.409 e. The van der Waals surface area contributed by atoms with E-state index >= 15 is 0 Å². The van der Waals surface area contributed by atoms with Gasteiger partial charge in [-0.25, -0.2) is 0 Å². The Labute approximate surface area is 125 Å². The summed E-state index contributed by atoms with van der Waals surface area (Å²) in [4.78, 5) is 12.3. The van der Waals surface area contributed by atoms with Crippen molar-refractivity contribution in [3.63, 3.8) is 0 Å². The Morgan fingerprint density at radius 2 is 2.05 bits per heavy atom. The van der Waals surface area contributed by atoms with Crippen molar-refractivity contribution in [2.24, 2.45) is 28.6 Å². The van der Waals surface area contributed by atoms with E-state index in [2.05, 4.69) is 26.4 Å². The number of amidine groups is 1. The fourth-order valence-electron chi connectivity index (χ4n) is 3.05. The van der Waals surface area contributed by atoms with Crippen LogP contribution in [0, 0.1) is 17.8 Å². The number of benzene rings is 1. The fourth-order valence-corrected chi connectivity index (χ4v) is 3.42. The number of hydrogen-bond donors (Lipinski definition) is 3. The summed E-state index contributed by atoms with van der Waals surface area (Å²) in [5, 5.41) is 14.7. The molecule has 0 heterocycles. The van der Waals surface area contributed by atoms with E-state index in [0.717, 1.165) is 29.2 Å². The van der Waals surface area contributed by atoms with E-state index in [0.29, 0.717) is 11.3 Å². The van der Waals surface area contributed by atoms with E-state index in [-0.39, 0.29) is 17.7 Å². The lowest BCUT2D eigenvalue weighted by molar-refractivity contribution is -0.120. The van der Waals surface area contributed by atoms with Crippen LogP contribution in [0.3, 0.4) is 0 Å². The molecule has 2 unspecified atom stereocenters. The third-order valence-corrected chi connectivity index (χ3v) is 4.73. The van der Waals surface area contributed by atoms with Gasteiger partial charge in [0.05, 0.1) is 5.69 Å². The van der Waals surface area contributed by atoms with E-state index in [1.807, 2.05) is 6.07 Å².